The van der Waals surface area contributed by atoms with Crippen LogP contribution < -0.4 is 0 Å². The molecule has 1 aromatic carbocycles. The van der Waals surface area contributed by atoms with E-state index in [0.29, 0.717) is 0 Å². The van der Waals surface area contributed by atoms with Crippen LogP contribution in [-0.2, 0) is 6.54 Å². The Labute approximate surface area is 163 Å². The highest BCUT2D eigenvalue weighted by Crippen LogP contribution is 2.12. The van der Waals surface area contributed by atoms with E-state index in [-0.39, 0.29) is 17.9 Å². The molecule has 0 aromatic heterocycles. The van der Waals surface area contributed by atoms with E-state index in [2.05, 4.69) is 49.2 Å². The zero-order chi connectivity index (χ0) is 16.6. The number of benzene rings is 1. The average Bonchev–Trinajstić information content (AvgIpc) is 2.57. The topological polar surface area (TPSA) is 34.7 Å². The highest BCUT2D eigenvalue weighted by molar-refractivity contribution is 5.85. The molecule has 0 saturated heterocycles. The summed E-state index contributed by atoms with van der Waals surface area (Å²) < 4.78 is 0. The van der Waals surface area contributed by atoms with Crippen molar-refractivity contribution in [1.82, 2.24) is 4.90 Å². The van der Waals surface area contributed by atoms with Crippen molar-refractivity contribution in [3.05, 3.63) is 35.9 Å². The van der Waals surface area contributed by atoms with Gasteiger partial charge >= 0.3 is 0 Å². The second-order valence-electron chi connectivity index (χ2n) is 7.11. The van der Waals surface area contributed by atoms with Crippen molar-refractivity contribution in [3.63, 3.8) is 0 Å². The van der Waals surface area contributed by atoms with Gasteiger partial charge in [0.1, 0.15) is 0 Å². The summed E-state index contributed by atoms with van der Waals surface area (Å²) in [5, 5.41) is 0. The lowest BCUT2D eigenvalue weighted by Gasteiger charge is -2.16. The van der Waals surface area contributed by atoms with Crippen molar-refractivity contribution in [2.45, 2.75) is 90.5 Å². The van der Waals surface area contributed by atoms with Crippen LogP contribution in [-0.4, -0.2) is 24.0 Å². The molecule has 0 amide bonds. The molecule has 1 aromatic rings. The van der Waals surface area contributed by atoms with Crippen LogP contribution >= 0.6 is 12.4 Å². The van der Waals surface area contributed by atoms with E-state index in [9.17, 15) is 0 Å². The zero-order valence-corrected chi connectivity index (χ0v) is 17.5. The van der Waals surface area contributed by atoms with Crippen molar-refractivity contribution in [1.29, 1.82) is 0 Å². The summed E-state index contributed by atoms with van der Waals surface area (Å²) in [6.45, 7) is 4.60. The summed E-state index contributed by atoms with van der Waals surface area (Å²) in [5.41, 5.74) is 1.42. The van der Waals surface area contributed by atoms with E-state index in [1.807, 2.05) is 0 Å². The highest BCUT2D eigenvalue weighted by atomic mass is 35.5. The Hall–Kier alpha value is -0.570. The Morgan fingerprint density at radius 2 is 1.12 bits per heavy atom. The Kier molecular flexibility index (Phi) is 21.1. The third-order valence-electron chi connectivity index (χ3n) is 4.69. The molecular weight excluding hydrogens is 330 g/mol. The number of halogens is 1. The van der Waals surface area contributed by atoms with Gasteiger partial charge in [0.2, 0.25) is 0 Å². The molecule has 1 rings (SSSR count). The summed E-state index contributed by atoms with van der Waals surface area (Å²) in [6.07, 6.45) is 17.2. The van der Waals surface area contributed by atoms with Crippen LogP contribution in [0.25, 0.3) is 0 Å². The molecule has 2 nitrogen and oxygen atoms in total. The molecule has 0 fully saturated rings. The minimum atomic E-state index is 0. The summed E-state index contributed by atoms with van der Waals surface area (Å²) in [5.74, 6) is 0. The second-order valence-corrected chi connectivity index (χ2v) is 7.11. The van der Waals surface area contributed by atoms with Gasteiger partial charge in [-0.05, 0) is 25.6 Å². The smallest absolute Gasteiger partial charge is 0.0230 e. The third-order valence-corrected chi connectivity index (χ3v) is 4.69. The molecule has 0 unspecified atom stereocenters. The fourth-order valence-electron chi connectivity index (χ4n) is 3.20. The van der Waals surface area contributed by atoms with Gasteiger partial charge in [-0.15, -0.1) is 12.4 Å². The zero-order valence-electron chi connectivity index (χ0n) is 16.6. The van der Waals surface area contributed by atoms with Crippen LogP contribution in [0.2, 0.25) is 0 Å². The van der Waals surface area contributed by atoms with E-state index < -0.39 is 0 Å². The van der Waals surface area contributed by atoms with Crippen molar-refractivity contribution in [3.8, 4) is 0 Å². The molecule has 0 aliphatic rings. The molecule has 0 heterocycles. The molecule has 0 saturated carbocycles. The van der Waals surface area contributed by atoms with Gasteiger partial charge in [-0.1, -0.05) is 108 Å². The van der Waals surface area contributed by atoms with Gasteiger partial charge in [-0.2, -0.15) is 0 Å². The van der Waals surface area contributed by atoms with Crippen LogP contribution in [0.15, 0.2) is 30.3 Å². The second kappa shape index (κ2) is 19.8. The van der Waals surface area contributed by atoms with Gasteiger partial charge in [0.05, 0.1) is 0 Å². The SMILES string of the molecule is CCCCCCCCCCCCCCN(C)Cc1ccccc1.Cl.O. The van der Waals surface area contributed by atoms with Crippen LogP contribution in [0.4, 0.5) is 0 Å². The monoisotopic (exact) mass is 371 g/mol. The van der Waals surface area contributed by atoms with Gasteiger partial charge < -0.3 is 10.4 Å². The van der Waals surface area contributed by atoms with Crippen LogP contribution in [0.5, 0.6) is 0 Å². The van der Waals surface area contributed by atoms with E-state index in [0.717, 1.165) is 6.54 Å². The Morgan fingerprint density at radius 3 is 1.60 bits per heavy atom. The predicted octanol–water partition coefficient (Wildman–Crippen LogP) is 6.42. The fraction of sp³-hybridized carbons (Fsp3) is 0.727. The van der Waals surface area contributed by atoms with Gasteiger partial charge in [0.25, 0.3) is 0 Å². The van der Waals surface area contributed by atoms with Gasteiger partial charge in [0.15, 0.2) is 0 Å². The summed E-state index contributed by atoms with van der Waals surface area (Å²) in [7, 11) is 2.24. The molecule has 0 aliphatic carbocycles. The summed E-state index contributed by atoms with van der Waals surface area (Å²) in [4.78, 5) is 2.45. The lowest BCUT2D eigenvalue weighted by molar-refractivity contribution is 0.316. The molecular formula is C22H42ClNO. The Bertz CT molecular complexity index is 358. The maximum atomic E-state index is 2.45. The average molecular weight is 372 g/mol. The molecule has 2 N–H and O–H groups in total. The normalized spacial score (nSPS) is 10.4. The Balaban J connectivity index is 0. The van der Waals surface area contributed by atoms with E-state index in [4.69, 9.17) is 0 Å². The summed E-state index contributed by atoms with van der Waals surface area (Å²) in [6, 6.07) is 10.8. The third kappa shape index (κ3) is 16.6. The first-order chi connectivity index (χ1) is 11.3. The van der Waals surface area contributed by atoms with E-state index in [1.54, 1.807) is 0 Å². The predicted molar refractivity (Wildman–Crippen MR) is 115 cm³/mol. The van der Waals surface area contributed by atoms with Gasteiger partial charge in [-0.25, -0.2) is 0 Å². The number of hydrogen-bond acceptors (Lipinski definition) is 1. The maximum absolute atomic E-state index is 2.45. The molecule has 25 heavy (non-hydrogen) atoms. The Morgan fingerprint density at radius 1 is 0.680 bits per heavy atom. The first-order valence-electron chi connectivity index (χ1n) is 10.1. The molecule has 0 atom stereocenters. The largest absolute Gasteiger partial charge is 0.412 e. The number of nitrogens with zero attached hydrogens (tertiary/aromatic N) is 1. The highest BCUT2D eigenvalue weighted by Gasteiger charge is 1.99. The molecule has 0 radical (unpaired) electrons. The molecule has 0 spiro atoms. The fourth-order valence-corrected chi connectivity index (χ4v) is 3.20. The maximum Gasteiger partial charge on any atom is 0.0230 e. The van der Waals surface area contributed by atoms with Gasteiger partial charge in [-0.3, -0.25) is 0 Å². The number of hydrogen-bond donors (Lipinski definition) is 0. The van der Waals surface area contributed by atoms with Crippen LogP contribution in [0.1, 0.15) is 89.5 Å². The van der Waals surface area contributed by atoms with Crippen LogP contribution in [0.3, 0.4) is 0 Å². The first kappa shape index (κ1) is 26.7. The molecule has 0 aliphatic heterocycles. The standard InChI is InChI=1S/C22H39N.ClH.H2O/c1-3-4-5-6-7-8-9-10-11-12-13-17-20-23(2)21-22-18-15-14-16-19-22;;/h14-16,18-19H,3-13,17,20-21H2,1-2H3;1H;1H2. The quantitative estimate of drug-likeness (QED) is 0.327. The van der Waals surface area contributed by atoms with Crippen molar-refractivity contribution in [2.24, 2.45) is 0 Å². The van der Waals surface area contributed by atoms with Crippen molar-refractivity contribution < 1.29 is 5.48 Å². The number of unbranched alkanes of at least 4 members (excludes halogenated alkanes) is 11. The van der Waals surface area contributed by atoms with E-state index in [1.165, 1.54) is 89.2 Å². The molecule has 0 bridgehead atoms. The summed E-state index contributed by atoms with van der Waals surface area (Å²) >= 11 is 0. The lowest BCUT2D eigenvalue weighted by Crippen LogP contribution is -2.18. The van der Waals surface area contributed by atoms with Gasteiger partial charge in [0, 0.05) is 6.54 Å². The molecule has 3 heteroatoms. The van der Waals surface area contributed by atoms with E-state index >= 15 is 0 Å². The minimum absolute atomic E-state index is 0. The van der Waals surface area contributed by atoms with Crippen molar-refractivity contribution >= 4 is 12.4 Å². The first-order valence-corrected chi connectivity index (χ1v) is 10.1. The molecule has 148 valence electrons. The van der Waals surface area contributed by atoms with Crippen LogP contribution in [0, 0.1) is 0 Å². The lowest BCUT2D eigenvalue weighted by atomic mass is 10.1. The van der Waals surface area contributed by atoms with Crippen molar-refractivity contribution in [2.75, 3.05) is 13.6 Å². The minimum Gasteiger partial charge on any atom is -0.412 e. The number of rotatable bonds is 15.